The summed E-state index contributed by atoms with van der Waals surface area (Å²) < 4.78 is 15.7. The second-order valence-corrected chi connectivity index (χ2v) is 4.91. The lowest BCUT2D eigenvalue weighted by atomic mass is 10.1. The van der Waals surface area contributed by atoms with E-state index < -0.39 is 12.1 Å². The number of hydrogen-bond acceptors (Lipinski definition) is 5. The van der Waals surface area contributed by atoms with Crippen molar-refractivity contribution in [2.45, 2.75) is 12.5 Å². The first-order valence-corrected chi connectivity index (χ1v) is 6.90. The van der Waals surface area contributed by atoms with Gasteiger partial charge in [0.25, 0.3) is 5.91 Å². The van der Waals surface area contributed by atoms with Gasteiger partial charge in [-0.2, -0.15) is 0 Å². The Morgan fingerprint density at radius 1 is 1.36 bits per heavy atom. The van der Waals surface area contributed by atoms with E-state index in [-0.39, 0.29) is 18.9 Å². The smallest absolute Gasteiger partial charge is 0.306 e. The van der Waals surface area contributed by atoms with Crippen molar-refractivity contribution in [2.24, 2.45) is 0 Å². The van der Waals surface area contributed by atoms with Crippen molar-refractivity contribution in [3.63, 3.8) is 0 Å². The van der Waals surface area contributed by atoms with Crippen molar-refractivity contribution in [3.8, 4) is 11.5 Å². The number of carboxylic acid groups (broad SMARTS) is 1. The van der Waals surface area contributed by atoms with Crippen LogP contribution in [0.4, 0.5) is 0 Å². The van der Waals surface area contributed by atoms with Crippen LogP contribution in [0.5, 0.6) is 11.5 Å². The minimum Gasteiger partial charge on any atom is -0.497 e. The molecule has 0 aromatic heterocycles. The quantitative estimate of drug-likeness (QED) is 0.874. The summed E-state index contributed by atoms with van der Waals surface area (Å²) in [6.07, 6.45) is -0.608. The number of carboxylic acids is 1. The fourth-order valence-corrected chi connectivity index (χ4v) is 2.37. The highest BCUT2D eigenvalue weighted by Gasteiger charge is 2.28. The molecule has 120 valence electrons. The summed E-state index contributed by atoms with van der Waals surface area (Å²) >= 11 is 0. The Labute approximate surface area is 128 Å². The van der Waals surface area contributed by atoms with E-state index in [9.17, 15) is 9.59 Å². The van der Waals surface area contributed by atoms with Gasteiger partial charge in [-0.1, -0.05) is 0 Å². The van der Waals surface area contributed by atoms with Crippen LogP contribution < -0.4 is 9.47 Å². The van der Waals surface area contributed by atoms with Crippen LogP contribution in [0.2, 0.25) is 0 Å². The Hall–Kier alpha value is -2.28. The van der Waals surface area contributed by atoms with Gasteiger partial charge in [-0.3, -0.25) is 9.59 Å². The van der Waals surface area contributed by atoms with Crippen LogP contribution >= 0.6 is 0 Å². The summed E-state index contributed by atoms with van der Waals surface area (Å²) in [5, 5.41) is 8.83. The lowest BCUT2D eigenvalue weighted by molar-refractivity contribution is -0.141. The molecule has 1 saturated heterocycles. The predicted octanol–water partition coefficient (Wildman–Crippen LogP) is 1.02. The molecule has 0 spiro atoms. The van der Waals surface area contributed by atoms with Crippen LogP contribution in [-0.4, -0.2) is 61.9 Å². The molecule has 22 heavy (non-hydrogen) atoms. The molecule has 1 aliphatic rings. The molecule has 0 radical (unpaired) electrons. The predicted molar refractivity (Wildman–Crippen MR) is 77.4 cm³/mol. The first kappa shape index (κ1) is 16.1. The summed E-state index contributed by atoms with van der Waals surface area (Å²) in [6, 6.07) is 4.97. The molecule has 1 unspecified atom stereocenters. The molecular weight excluding hydrogens is 290 g/mol. The molecule has 1 heterocycles. The van der Waals surface area contributed by atoms with Crippen LogP contribution in [0.1, 0.15) is 16.8 Å². The fourth-order valence-electron chi connectivity index (χ4n) is 2.37. The molecule has 0 saturated carbocycles. The lowest BCUT2D eigenvalue weighted by Gasteiger charge is -2.32. The molecule has 1 aliphatic heterocycles. The van der Waals surface area contributed by atoms with Crippen LogP contribution in [0.15, 0.2) is 18.2 Å². The topological polar surface area (TPSA) is 85.3 Å². The molecule has 1 fully saturated rings. The Balaban J connectivity index is 2.15. The van der Waals surface area contributed by atoms with Crippen LogP contribution in [0.25, 0.3) is 0 Å². The van der Waals surface area contributed by atoms with Crippen LogP contribution in [0.3, 0.4) is 0 Å². The first-order chi connectivity index (χ1) is 10.5. The lowest BCUT2D eigenvalue weighted by Crippen LogP contribution is -2.46. The number of ether oxygens (including phenoxy) is 3. The maximum atomic E-state index is 12.6. The number of aliphatic carboxylic acids is 1. The average Bonchev–Trinajstić information content (AvgIpc) is 2.53. The van der Waals surface area contributed by atoms with Gasteiger partial charge < -0.3 is 24.2 Å². The van der Waals surface area contributed by atoms with Gasteiger partial charge in [0.15, 0.2) is 0 Å². The molecule has 1 N–H and O–H groups in total. The Morgan fingerprint density at radius 3 is 2.77 bits per heavy atom. The molecule has 7 nitrogen and oxygen atoms in total. The van der Waals surface area contributed by atoms with Gasteiger partial charge >= 0.3 is 5.97 Å². The van der Waals surface area contributed by atoms with Crippen molar-refractivity contribution in [1.29, 1.82) is 0 Å². The van der Waals surface area contributed by atoms with Gasteiger partial charge in [0.2, 0.25) is 0 Å². The van der Waals surface area contributed by atoms with E-state index in [1.165, 1.54) is 14.2 Å². The molecule has 1 aromatic rings. The van der Waals surface area contributed by atoms with Gasteiger partial charge in [0.05, 0.1) is 38.9 Å². The zero-order valence-electron chi connectivity index (χ0n) is 12.6. The van der Waals surface area contributed by atoms with Crippen molar-refractivity contribution >= 4 is 11.9 Å². The third-order valence-corrected chi connectivity index (χ3v) is 3.47. The first-order valence-electron chi connectivity index (χ1n) is 6.90. The van der Waals surface area contributed by atoms with Crippen LogP contribution in [-0.2, 0) is 9.53 Å². The third-order valence-electron chi connectivity index (χ3n) is 3.47. The number of rotatable bonds is 5. The van der Waals surface area contributed by atoms with Gasteiger partial charge in [0.1, 0.15) is 11.5 Å². The zero-order chi connectivity index (χ0) is 16.1. The Bertz CT molecular complexity index is 559. The number of carbonyl (C=O) groups excluding carboxylic acids is 1. The van der Waals surface area contributed by atoms with E-state index in [1.54, 1.807) is 23.1 Å². The highest BCUT2D eigenvalue weighted by atomic mass is 16.5. The standard InChI is InChI=1S/C15H19NO6/c1-20-10-3-4-12(13(7-10)21-2)15(19)16-5-6-22-11(9-16)8-14(17)18/h3-4,7,11H,5-6,8-9H2,1-2H3,(H,17,18). The van der Waals surface area contributed by atoms with Gasteiger partial charge in [0, 0.05) is 19.2 Å². The highest BCUT2D eigenvalue weighted by molar-refractivity contribution is 5.97. The van der Waals surface area contributed by atoms with Crippen LogP contribution in [0, 0.1) is 0 Å². The number of nitrogens with zero attached hydrogens (tertiary/aromatic N) is 1. The molecule has 1 aromatic carbocycles. The summed E-state index contributed by atoms with van der Waals surface area (Å²) in [7, 11) is 3.02. The molecule has 1 atom stereocenters. The van der Waals surface area contributed by atoms with E-state index >= 15 is 0 Å². The number of methoxy groups -OCH3 is 2. The van der Waals surface area contributed by atoms with Gasteiger partial charge in [-0.15, -0.1) is 0 Å². The van der Waals surface area contributed by atoms with E-state index in [2.05, 4.69) is 0 Å². The normalized spacial score (nSPS) is 17.9. The molecule has 1 amide bonds. The molecule has 0 aliphatic carbocycles. The largest absolute Gasteiger partial charge is 0.497 e. The maximum Gasteiger partial charge on any atom is 0.306 e. The monoisotopic (exact) mass is 309 g/mol. The number of carbonyl (C=O) groups is 2. The van der Waals surface area contributed by atoms with Crippen molar-refractivity contribution in [1.82, 2.24) is 4.90 Å². The van der Waals surface area contributed by atoms with E-state index in [0.717, 1.165) is 0 Å². The zero-order valence-corrected chi connectivity index (χ0v) is 12.6. The number of amides is 1. The highest BCUT2D eigenvalue weighted by Crippen LogP contribution is 2.26. The van der Waals surface area contributed by atoms with E-state index in [1.807, 2.05) is 0 Å². The second-order valence-electron chi connectivity index (χ2n) is 4.91. The van der Waals surface area contributed by atoms with Crippen molar-refractivity contribution < 1.29 is 28.9 Å². The Kier molecular flexibility index (Phi) is 5.21. The molecule has 2 rings (SSSR count). The third kappa shape index (κ3) is 3.67. The molecular formula is C15H19NO6. The van der Waals surface area contributed by atoms with E-state index in [0.29, 0.717) is 30.2 Å². The minimum absolute atomic E-state index is 0.122. The summed E-state index contributed by atoms with van der Waals surface area (Å²) in [6.45, 7) is 0.993. The van der Waals surface area contributed by atoms with E-state index in [4.69, 9.17) is 19.3 Å². The summed E-state index contributed by atoms with van der Waals surface area (Å²) in [5.41, 5.74) is 0.416. The second kappa shape index (κ2) is 7.13. The van der Waals surface area contributed by atoms with Crippen molar-refractivity contribution in [2.75, 3.05) is 33.9 Å². The SMILES string of the molecule is COc1ccc(C(=O)N2CCOC(CC(=O)O)C2)c(OC)c1. The fraction of sp³-hybridized carbons (Fsp3) is 0.467. The summed E-state index contributed by atoms with van der Waals surface area (Å²) in [4.78, 5) is 25.0. The number of hydrogen-bond donors (Lipinski definition) is 1. The summed E-state index contributed by atoms with van der Waals surface area (Å²) in [5.74, 6) is -0.135. The van der Waals surface area contributed by atoms with Crippen molar-refractivity contribution in [3.05, 3.63) is 23.8 Å². The molecule has 0 bridgehead atoms. The molecule has 7 heteroatoms. The van der Waals surface area contributed by atoms with Gasteiger partial charge in [-0.25, -0.2) is 0 Å². The van der Waals surface area contributed by atoms with Gasteiger partial charge in [-0.05, 0) is 12.1 Å². The average molecular weight is 309 g/mol. The minimum atomic E-state index is -0.943. The Morgan fingerprint density at radius 2 is 2.14 bits per heavy atom. The number of morpholine rings is 1. The number of benzene rings is 1. The maximum absolute atomic E-state index is 12.6.